The zero-order chi connectivity index (χ0) is 18.1. The van der Waals surface area contributed by atoms with Gasteiger partial charge in [-0.05, 0) is 45.7 Å². The molecule has 0 atom stereocenters. The van der Waals surface area contributed by atoms with Gasteiger partial charge in [-0.15, -0.1) is 0 Å². The lowest BCUT2D eigenvalue weighted by Gasteiger charge is -2.47. The van der Waals surface area contributed by atoms with Gasteiger partial charge in [-0.3, -0.25) is 0 Å². The summed E-state index contributed by atoms with van der Waals surface area (Å²) in [5, 5.41) is 0. The minimum Gasteiger partial charge on any atom is -0.444 e. The van der Waals surface area contributed by atoms with E-state index in [1.54, 1.807) is 4.90 Å². The Bertz CT molecular complexity index is 619. The Morgan fingerprint density at radius 1 is 1.20 bits per heavy atom. The van der Waals surface area contributed by atoms with Crippen LogP contribution in [0.5, 0.6) is 0 Å². The molecule has 0 aliphatic carbocycles. The molecule has 2 aliphatic rings. The number of rotatable bonds is 1. The van der Waals surface area contributed by atoms with Gasteiger partial charge in [0.1, 0.15) is 5.60 Å². The first-order valence-electron chi connectivity index (χ1n) is 8.99. The van der Waals surface area contributed by atoms with Crippen molar-refractivity contribution in [3.8, 4) is 0 Å². The predicted octanol–water partition coefficient (Wildman–Crippen LogP) is 2.88. The fourth-order valence-electron chi connectivity index (χ4n) is 3.56. The van der Waals surface area contributed by atoms with Gasteiger partial charge in [-0.1, -0.05) is 12.1 Å². The highest BCUT2D eigenvalue weighted by Crippen LogP contribution is 2.34. The first-order valence-corrected chi connectivity index (χ1v) is 8.99. The maximum absolute atomic E-state index is 12.4. The minimum absolute atomic E-state index is 0.245. The van der Waals surface area contributed by atoms with Gasteiger partial charge in [-0.25, -0.2) is 4.79 Å². The van der Waals surface area contributed by atoms with E-state index in [-0.39, 0.29) is 11.7 Å². The van der Waals surface area contributed by atoms with Gasteiger partial charge in [0.25, 0.3) is 0 Å². The van der Waals surface area contributed by atoms with Crippen LogP contribution in [0.1, 0.15) is 33.6 Å². The molecule has 1 spiro atoms. The molecule has 2 heterocycles. The molecule has 0 radical (unpaired) electrons. The van der Waals surface area contributed by atoms with Gasteiger partial charge in [0, 0.05) is 19.6 Å². The summed E-state index contributed by atoms with van der Waals surface area (Å²) in [6.07, 6.45) is 1.51. The number of para-hydroxylation sites is 2. The third kappa shape index (κ3) is 4.18. The molecule has 138 valence electrons. The molecule has 1 amide bonds. The van der Waals surface area contributed by atoms with E-state index in [1.165, 1.54) is 0 Å². The topological polar surface area (TPSA) is 68.0 Å². The van der Waals surface area contributed by atoms with E-state index in [4.69, 9.17) is 15.2 Å². The third-order valence-corrected chi connectivity index (χ3v) is 4.85. The molecule has 1 aromatic carbocycles. The van der Waals surface area contributed by atoms with Crippen LogP contribution in [0.2, 0.25) is 0 Å². The number of hydrogen-bond acceptors (Lipinski definition) is 5. The van der Waals surface area contributed by atoms with E-state index in [9.17, 15) is 4.79 Å². The lowest BCUT2D eigenvalue weighted by molar-refractivity contribution is -0.119. The van der Waals surface area contributed by atoms with Crippen molar-refractivity contribution in [2.75, 3.05) is 43.4 Å². The Balaban J connectivity index is 1.62. The summed E-state index contributed by atoms with van der Waals surface area (Å²) in [7, 11) is 0. The van der Waals surface area contributed by atoms with Crippen molar-refractivity contribution in [3.05, 3.63) is 24.3 Å². The molecule has 2 aliphatic heterocycles. The van der Waals surface area contributed by atoms with Crippen LogP contribution in [0.25, 0.3) is 0 Å². The zero-order valence-electron chi connectivity index (χ0n) is 15.5. The molecule has 0 saturated carbocycles. The van der Waals surface area contributed by atoms with Crippen LogP contribution in [0, 0.1) is 0 Å². The molecule has 2 saturated heterocycles. The van der Waals surface area contributed by atoms with Crippen LogP contribution in [0.3, 0.4) is 0 Å². The number of nitrogens with two attached hydrogens (primary N) is 1. The molecule has 6 heteroatoms. The van der Waals surface area contributed by atoms with Crippen molar-refractivity contribution in [1.82, 2.24) is 4.90 Å². The number of ether oxygens (including phenoxy) is 2. The van der Waals surface area contributed by atoms with Gasteiger partial charge in [-0.2, -0.15) is 0 Å². The Morgan fingerprint density at radius 3 is 2.52 bits per heavy atom. The zero-order valence-corrected chi connectivity index (χ0v) is 15.5. The van der Waals surface area contributed by atoms with Crippen LogP contribution >= 0.6 is 0 Å². The average Bonchev–Trinajstić information content (AvgIpc) is 2.55. The highest BCUT2D eigenvalue weighted by molar-refractivity contribution is 5.69. The summed E-state index contributed by atoms with van der Waals surface area (Å²) in [6.45, 7) is 9.17. The quantitative estimate of drug-likeness (QED) is 0.791. The van der Waals surface area contributed by atoms with Crippen LogP contribution in [0.4, 0.5) is 16.2 Å². The molecule has 2 fully saturated rings. The summed E-state index contributed by atoms with van der Waals surface area (Å²) in [5.41, 5.74) is 7.24. The van der Waals surface area contributed by atoms with Gasteiger partial charge < -0.3 is 25.0 Å². The smallest absolute Gasteiger partial charge is 0.410 e. The molecule has 25 heavy (non-hydrogen) atoms. The second-order valence-electron chi connectivity index (χ2n) is 7.98. The Hall–Kier alpha value is -1.95. The monoisotopic (exact) mass is 347 g/mol. The Morgan fingerprint density at radius 2 is 1.88 bits per heavy atom. The van der Waals surface area contributed by atoms with E-state index in [2.05, 4.69) is 11.0 Å². The van der Waals surface area contributed by atoms with Crippen LogP contribution in [0.15, 0.2) is 24.3 Å². The van der Waals surface area contributed by atoms with Crippen molar-refractivity contribution in [1.29, 1.82) is 0 Å². The maximum Gasteiger partial charge on any atom is 0.410 e. The fraction of sp³-hybridized carbons (Fsp3) is 0.632. The molecule has 2 N–H and O–H groups in total. The number of morpholine rings is 1. The summed E-state index contributed by atoms with van der Waals surface area (Å²) in [6, 6.07) is 7.95. The van der Waals surface area contributed by atoms with Crippen LogP contribution < -0.4 is 10.6 Å². The molecular weight excluding hydrogens is 318 g/mol. The maximum atomic E-state index is 12.4. The number of carbonyl (C=O) groups excluding carboxylic acids is 1. The number of hydrogen-bond donors (Lipinski definition) is 1. The van der Waals surface area contributed by atoms with Crippen molar-refractivity contribution in [2.45, 2.75) is 44.8 Å². The number of piperidine rings is 1. The molecule has 1 aromatic rings. The number of nitrogens with zero attached hydrogens (tertiary/aromatic N) is 2. The van der Waals surface area contributed by atoms with Crippen molar-refractivity contribution < 1.29 is 14.3 Å². The lowest BCUT2D eigenvalue weighted by atomic mass is 9.89. The van der Waals surface area contributed by atoms with E-state index in [0.29, 0.717) is 19.7 Å². The number of anilines is 2. The molecule has 6 nitrogen and oxygen atoms in total. The first kappa shape index (κ1) is 17.9. The Labute approximate surface area is 149 Å². The van der Waals surface area contributed by atoms with Gasteiger partial charge in [0.05, 0.1) is 30.1 Å². The highest BCUT2D eigenvalue weighted by atomic mass is 16.6. The Kier molecular flexibility index (Phi) is 4.82. The fourth-order valence-corrected chi connectivity index (χ4v) is 3.56. The van der Waals surface area contributed by atoms with Gasteiger partial charge >= 0.3 is 6.09 Å². The standard InChI is InChI=1S/C19H29N3O3/c1-18(2,3)25-17(23)22-12-13-24-19(14-22)8-10-21(11-9-19)16-7-5-4-6-15(16)20/h4-7H,8-14,20H2,1-3H3. The predicted molar refractivity (Wildman–Crippen MR) is 98.8 cm³/mol. The molecular formula is C19H29N3O3. The molecule has 3 rings (SSSR count). The van der Waals surface area contributed by atoms with Crippen LogP contribution in [-0.4, -0.2) is 55.0 Å². The molecule has 0 aromatic heterocycles. The first-order chi connectivity index (χ1) is 11.8. The number of carbonyl (C=O) groups is 1. The third-order valence-electron chi connectivity index (χ3n) is 4.85. The summed E-state index contributed by atoms with van der Waals surface area (Å²) in [4.78, 5) is 16.5. The summed E-state index contributed by atoms with van der Waals surface area (Å²) >= 11 is 0. The van der Waals surface area contributed by atoms with E-state index in [1.807, 2.05) is 39.0 Å². The summed E-state index contributed by atoms with van der Waals surface area (Å²) < 4.78 is 11.6. The van der Waals surface area contributed by atoms with Crippen molar-refractivity contribution in [3.63, 3.8) is 0 Å². The molecule has 0 bridgehead atoms. The average molecular weight is 347 g/mol. The van der Waals surface area contributed by atoms with Gasteiger partial charge in [0.2, 0.25) is 0 Å². The highest BCUT2D eigenvalue weighted by Gasteiger charge is 2.42. The largest absolute Gasteiger partial charge is 0.444 e. The van der Waals surface area contributed by atoms with Gasteiger partial charge in [0.15, 0.2) is 0 Å². The minimum atomic E-state index is -0.475. The van der Waals surface area contributed by atoms with Crippen molar-refractivity contribution >= 4 is 17.5 Å². The van der Waals surface area contributed by atoms with E-state index < -0.39 is 5.60 Å². The van der Waals surface area contributed by atoms with Crippen LogP contribution in [-0.2, 0) is 9.47 Å². The van der Waals surface area contributed by atoms with Crippen molar-refractivity contribution in [2.24, 2.45) is 0 Å². The number of amides is 1. The molecule has 0 unspecified atom stereocenters. The number of nitrogen functional groups attached to an aromatic ring is 1. The SMILES string of the molecule is CC(C)(C)OC(=O)N1CCOC2(CCN(c3ccccc3N)CC2)C1. The van der Waals surface area contributed by atoms with E-state index in [0.717, 1.165) is 37.3 Å². The second-order valence-corrected chi connectivity index (χ2v) is 7.98. The summed E-state index contributed by atoms with van der Waals surface area (Å²) in [5.74, 6) is 0. The second kappa shape index (κ2) is 6.75. The lowest BCUT2D eigenvalue weighted by Crippen LogP contribution is -2.58. The normalized spacial score (nSPS) is 20.6. The van der Waals surface area contributed by atoms with E-state index >= 15 is 0 Å². The number of benzene rings is 1.